The summed E-state index contributed by atoms with van der Waals surface area (Å²) < 4.78 is 0. The summed E-state index contributed by atoms with van der Waals surface area (Å²) in [5.41, 5.74) is 1.90. The van der Waals surface area contributed by atoms with Crippen LogP contribution >= 0.6 is 11.6 Å². The van der Waals surface area contributed by atoms with Gasteiger partial charge in [-0.25, -0.2) is 4.98 Å². The number of anilines is 3. The highest BCUT2D eigenvalue weighted by atomic mass is 35.5. The molecular formula is C23H23ClN4O2. The number of amides is 2. The number of nitrogens with zero attached hydrogens (tertiary/aromatic N) is 2. The van der Waals surface area contributed by atoms with Crippen LogP contribution in [0, 0.1) is 0 Å². The summed E-state index contributed by atoms with van der Waals surface area (Å²) in [6.45, 7) is 5.80. The largest absolute Gasteiger partial charge is 0.357 e. The number of hydrogen-bond donors (Lipinski definition) is 2. The molecule has 2 N–H and O–H groups in total. The van der Waals surface area contributed by atoms with E-state index in [1.54, 1.807) is 60.8 Å². The van der Waals surface area contributed by atoms with Crippen LogP contribution in [0.15, 0.2) is 66.9 Å². The smallest absolute Gasteiger partial charge is 0.257 e. The molecule has 0 aliphatic carbocycles. The van der Waals surface area contributed by atoms with E-state index in [0.29, 0.717) is 27.5 Å². The van der Waals surface area contributed by atoms with Gasteiger partial charge in [-0.3, -0.25) is 9.59 Å². The Morgan fingerprint density at radius 3 is 1.87 bits per heavy atom. The summed E-state index contributed by atoms with van der Waals surface area (Å²) >= 11 is 5.87. The molecule has 0 aliphatic heterocycles. The van der Waals surface area contributed by atoms with Crippen LogP contribution in [0.2, 0.25) is 5.02 Å². The average molecular weight is 423 g/mol. The molecule has 2 amide bonds. The van der Waals surface area contributed by atoms with Gasteiger partial charge in [0.25, 0.3) is 11.8 Å². The van der Waals surface area contributed by atoms with E-state index >= 15 is 0 Å². The van der Waals surface area contributed by atoms with Gasteiger partial charge >= 0.3 is 0 Å². The van der Waals surface area contributed by atoms with Crippen LogP contribution < -0.4 is 15.5 Å². The lowest BCUT2D eigenvalue weighted by Crippen LogP contribution is -2.23. The predicted octanol–water partition coefficient (Wildman–Crippen LogP) is 5.09. The third-order valence-corrected chi connectivity index (χ3v) is 4.88. The van der Waals surface area contributed by atoms with Gasteiger partial charge in [-0.2, -0.15) is 0 Å². The minimum Gasteiger partial charge on any atom is -0.357 e. The summed E-state index contributed by atoms with van der Waals surface area (Å²) in [4.78, 5) is 31.7. The quantitative estimate of drug-likeness (QED) is 0.556. The lowest BCUT2D eigenvalue weighted by atomic mass is 10.2. The summed E-state index contributed by atoms with van der Waals surface area (Å²) in [5, 5.41) is 6.22. The van der Waals surface area contributed by atoms with Crippen molar-refractivity contribution in [1.82, 2.24) is 4.98 Å². The Morgan fingerprint density at radius 1 is 0.833 bits per heavy atom. The first-order chi connectivity index (χ1) is 14.5. The summed E-state index contributed by atoms with van der Waals surface area (Å²) in [5.74, 6) is 0.229. The van der Waals surface area contributed by atoms with Crippen LogP contribution in [0.1, 0.15) is 34.6 Å². The Hall–Kier alpha value is -3.38. The van der Waals surface area contributed by atoms with E-state index in [2.05, 4.69) is 34.4 Å². The molecule has 2 aromatic carbocycles. The van der Waals surface area contributed by atoms with E-state index < -0.39 is 0 Å². The first-order valence-electron chi connectivity index (χ1n) is 9.70. The van der Waals surface area contributed by atoms with Gasteiger partial charge in [0.2, 0.25) is 0 Å². The molecule has 0 saturated heterocycles. The van der Waals surface area contributed by atoms with E-state index in [-0.39, 0.29) is 11.8 Å². The number of nitrogens with one attached hydrogen (secondary N) is 2. The van der Waals surface area contributed by atoms with Gasteiger partial charge in [-0.1, -0.05) is 23.7 Å². The van der Waals surface area contributed by atoms with E-state index in [4.69, 9.17) is 11.6 Å². The molecule has 6 nitrogen and oxygen atoms in total. The van der Waals surface area contributed by atoms with Gasteiger partial charge in [0.15, 0.2) is 0 Å². The first-order valence-corrected chi connectivity index (χ1v) is 10.1. The number of rotatable bonds is 7. The van der Waals surface area contributed by atoms with Crippen LogP contribution in [0.3, 0.4) is 0 Å². The fourth-order valence-corrected chi connectivity index (χ4v) is 3.07. The third kappa shape index (κ3) is 5.15. The normalized spacial score (nSPS) is 10.4. The lowest BCUT2D eigenvalue weighted by molar-refractivity contribution is 0.101. The summed E-state index contributed by atoms with van der Waals surface area (Å²) in [7, 11) is 0. The van der Waals surface area contributed by atoms with Gasteiger partial charge in [-0.05, 0) is 62.4 Å². The Kier molecular flexibility index (Phi) is 7.03. The molecule has 0 unspecified atom stereocenters. The van der Waals surface area contributed by atoms with Crippen molar-refractivity contribution < 1.29 is 9.59 Å². The standard InChI is InChI=1S/C23H23ClN4O2/c1-3-28(4-2)21-14-11-17(15-25-21)23(30)27-20-8-6-5-7-19(20)26-22(29)16-9-12-18(24)13-10-16/h5-15H,3-4H2,1-2H3,(H,26,29)(H,27,30). The van der Waals surface area contributed by atoms with Crippen LogP contribution in [-0.4, -0.2) is 29.9 Å². The zero-order chi connectivity index (χ0) is 21.5. The number of hydrogen-bond acceptors (Lipinski definition) is 4. The predicted molar refractivity (Wildman–Crippen MR) is 122 cm³/mol. The molecule has 30 heavy (non-hydrogen) atoms. The second kappa shape index (κ2) is 9.89. The van der Waals surface area contributed by atoms with Crippen molar-refractivity contribution in [2.75, 3.05) is 28.6 Å². The van der Waals surface area contributed by atoms with Crippen molar-refractivity contribution in [3.8, 4) is 0 Å². The van der Waals surface area contributed by atoms with E-state index in [1.165, 1.54) is 0 Å². The molecule has 3 aromatic rings. The highest BCUT2D eigenvalue weighted by Gasteiger charge is 2.13. The third-order valence-electron chi connectivity index (χ3n) is 4.63. The van der Waals surface area contributed by atoms with Crippen molar-refractivity contribution >= 4 is 40.6 Å². The number of pyridine rings is 1. The monoisotopic (exact) mass is 422 g/mol. The van der Waals surface area contributed by atoms with Crippen LogP contribution in [0.25, 0.3) is 0 Å². The molecule has 3 rings (SSSR count). The zero-order valence-electron chi connectivity index (χ0n) is 16.9. The van der Waals surface area contributed by atoms with Crippen LogP contribution in [-0.2, 0) is 0 Å². The fraction of sp³-hybridized carbons (Fsp3) is 0.174. The Morgan fingerprint density at radius 2 is 1.37 bits per heavy atom. The molecule has 7 heteroatoms. The topological polar surface area (TPSA) is 74.3 Å². The maximum absolute atomic E-state index is 12.7. The van der Waals surface area contributed by atoms with Gasteiger partial charge < -0.3 is 15.5 Å². The van der Waals surface area contributed by atoms with Crippen LogP contribution in [0.4, 0.5) is 17.2 Å². The fourth-order valence-electron chi connectivity index (χ4n) is 2.95. The highest BCUT2D eigenvalue weighted by Crippen LogP contribution is 2.23. The molecule has 0 atom stereocenters. The maximum Gasteiger partial charge on any atom is 0.257 e. The average Bonchev–Trinajstić information content (AvgIpc) is 2.77. The number of aromatic nitrogens is 1. The minimum atomic E-state index is -0.304. The second-order valence-electron chi connectivity index (χ2n) is 6.54. The number of carbonyl (C=O) groups excluding carboxylic acids is 2. The molecule has 0 saturated carbocycles. The number of para-hydroxylation sites is 2. The van der Waals surface area contributed by atoms with Crippen molar-refractivity contribution in [2.45, 2.75) is 13.8 Å². The summed E-state index contributed by atoms with van der Waals surface area (Å²) in [6.07, 6.45) is 1.55. The number of benzene rings is 2. The van der Waals surface area contributed by atoms with Crippen LogP contribution in [0.5, 0.6) is 0 Å². The Bertz CT molecular complexity index is 1020. The number of carbonyl (C=O) groups is 2. The Balaban J connectivity index is 1.73. The minimum absolute atomic E-state index is 0.293. The summed E-state index contributed by atoms with van der Waals surface area (Å²) in [6, 6.07) is 17.2. The van der Waals surface area contributed by atoms with Crippen molar-refractivity contribution in [1.29, 1.82) is 0 Å². The molecule has 0 aliphatic rings. The van der Waals surface area contributed by atoms with Crippen molar-refractivity contribution in [2.24, 2.45) is 0 Å². The Labute approximate surface area is 180 Å². The molecule has 0 radical (unpaired) electrons. The molecule has 1 heterocycles. The SMILES string of the molecule is CCN(CC)c1ccc(C(=O)Nc2ccccc2NC(=O)c2ccc(Cl)cc2)cn1. The number of halogens is 1. The van der Waals surface area contributed by atoms with E-state index in [0.717, 1.165) is 18.9 Å². The lowest BCUT2D eigenvalue weighted by Gasteiger charge is -2.19. The van der Waals surface area contributed by atoms with Gasteiger partial charge in [0.05, 0.1) is 16.9 Å². The molecule has 0 fully saturated rings. The molecule has 1 aromatic heterocycles. The van der Waals surface area contributed by atoms with E-state index in [1.807, 2.05) is 6.07 Å². The molecular weight excluding hydrogens is 400 g/mol. The van der Waals surface area contributed by atoms with Crippen molar-refractivity contribution in [3.63, 3.8) is 0 Å². The van der Waals surface area contributed by atoms with Gasteiger partial charge in [0.1, 0.15) is 5.82 Å². The highest BCUT2D eigenvalue weighted by molar-refractivity contribution is 6.30. The van der Waals surface area contributed by atoms with Gasteiger partial charge in [-0.15, -0.1) is 0 Å². The van der Waals surface area contributed by atoms with Crippen molar-refractivity contribution in [3.05, 3.63) is 83.0 Å². The second-order valence-corrected chi connectivity index (χ2v) is 6.97. The maximum atomic E-state index is 12.7. The first kappa shape index (κ1) is 21.3. The zero-order valence-corrected chi connectivity index (χ0v) is 17.6. The molecule has 0 spiro atoms. The van der Waals surface area contributed by atoms with E-state index in [9.17, 15) is 9.59 Å². The van der Waals surface area contributed by atoms with Gasteiger partial charge in [0, 0.05) is 29.9 Å². The molecule has 154 valence electrons. The molecule has 0 bridgehead atoms.